The molecule has 0 aromatic rings. The van der Waals surface area contributed by atoms with Crippen LogP contribution >= 0.6 is 0 Å². The monoisotopic (exact) mass is 145 g/mol. The summed E-state index contributed by atoms with van der Waals surface area (Å²) in [5, 5.41) is 8.69. The lowest BCUT2D eigenvalue weighted by Crippen LogP contribution is -2.37. The lowest BCUT2D eigenvalue weighted by Gasteiger charge is -2.29. The van der Waals surface area contributed by atoms with E-state index in [9.17, 15) is 0 Å². The van der Waals surface area contributed by atoms with E-state index in [1.165, 1.54) is 0 Å². The molecule has 0 bridgehead atoms. The largest absolute Gasteiger partial charge is 0.396 e. The molecule has 0 fully saturated rings. The molecular formula is C8H19NO. The fourth-order valence-corrected chi connectivity index (χ4v) is 1.03. The topological polar surface area (TPSA) is 46.2 Å². The van der Waals surface area contributed by atoms with Gasteiger partial charge in [-0.3, -0.25) is 0 Å². The van der Waals surface area contributed by atoms with Crippen molar-refractivity contribution in [3.63, 3.8) is 0 Å². The first kappa shape index (κ1) is 9.92. The van der Waals surface area contributed by atoms with Gasteiger partial charge in [0.1, 0.15) is 0 Å². The summed E-state index contributed by atoms with van der Waals surface area (Å²) in [6, 6.07) is 0.208. The second kappa shape index (κ2) is 3.94. The Balaban J connectivity index is 3.82. The molecule has 3 N–H and O–H groups in total. The molecule has 0 rings (SSSR count). The van der Waals surface area contributed by atoms with E-state index in [-0.39, 0.29) is 18.1 Å². The normalized spacial score (nSPS) is 15.3. The molecule has 0 unspecified atom stereocenters. The maximum absolute atomic E-state index is 8.69. The molecule has 0 amide bonds. The van der Waals surface area contributed by atoms with Crippen LogP contribution in [0.25, 0.3) is 0 Å². The molecule has 0 aromatic carbocycles. The Bertz CT molecular complexity index is 91.3. The van der Waals surface area contributed by atoms with Gasteiger partial charge < -0.3 is 10.8 Å². The van der Waals surface area contributed by atoms with E-state index in [4.69, 9.17) is 10.8 Å². The average molecular weight is 145 g/mol. The van der Waals surface area contributed by atoms with Crippen LogP contribution in [0.15, 0.2) is 0 Å². The highest BCUT2D eigenvalue weighted by molar-refractivity contribution is 4.79. The van der Waals surface area contributed by atoms with Crippen LogP contribution in [0, 0.1) is 5.41 Å². The Morgan fingerprint density at radius 3 is 2.30 bits per heavy atom. The summed E-state index contributed by atoms with van der Waals surface area (Å²) in [5.74, 6) is 0. The first-order valence-corrected chi connectivity index (χ1v) is 3.91. The van der Waals surface area contributed by atoms with Crippen molar-refractivity contribution in [1.82, 2.24) is 0 Å². The molecule has 2 nitrogen and oxygen atoms in total. The molecule has 0 saturated heterocycles. The van der Waals surface area contributed by atoms with E-state index < -0.39 is 0 Å². The highest BCUT2D eigenvalue weighted by atomic mass is 16.3. The molecule has 10 heavy (non-hydrogen) atoms. The molecule has 0 aliphatic rings. The number of aliphatic hydroxyl groups is 1. The van der Waals surface area contributed by atoms with Gasteiger partial charge in [-0.25, -0.2) is 0 Å². The molecule has 0 aliphatic carbocycles. The van der Waals surface area contributed by atoms with Crippen LogP contribution in [0.4, 0.5) is 0 Å². The van der Waals surface area contributed by atoms with Gasteiger partial charge in [-0.05, 0) is 18.3 Å². The summed E-state index contributed by atoms with van der Waals surface area (Å²) in [7, 11) is 0. The zero-order valence-electron chi connectivity index (χ0n) is 7.22. The van der Waals surface area contributed by atoms with Crippen LogP contribution < -0.4 is 5.73 Å². The number of nitrogens with two attached hydrogens (primary N) is 1. The summed E-state index contributed by atoms with van der Waals surface area (Å²) in [4.78, 5) is 0. The molecule has 62 valence electrons. The summed E-state index contributed by atoms with van der Waals surface area (Å²) in [6.45, 7) is 6.50. The second-order valence-corrected chi connectivity index (χ2v) is 3.48. The number of hydrogen-bond donors (Lipinski definition) is 2. The Hall–Kier alpha value is -0.0800. The predicted octanol–water partition coefficient (Wildman–Crippen LogP) is 1.13. The quantitative estimate of drug-likeness (QED) is 0.623. The Morgan fingerprint density at radius 2 is 2.00 bits per heavy atom. The van der Waals surface area contributed by atoms with Gasteiger partial charge in [0.2, 0.25) is 0 Å². The minimum Gasteiger partial charge on any atom is -0.396 e. The summed E-state index contributed by atoms with van der Waals surface area (Å²) >= 11 is 0. The predicted molar refractivity (Wildman–Crippen MR) is 43.8 cm³/mol. The molecule has 0 aromatic heterocycles. The van der Waals surface area contributed by atoms with Crippen LogP contribution in [-0.4, -0.2) is 17.8 Å². The van der Waals surface area contributed by atoms with Crippen molar-refractivity contribution in [3.05, 3.63) is 0 Å². The Labute approximate surface area is 63.4 Å². The van der Waals surface area contributed by atoms with E-state index in [0.29, 0.717) is 0 Å². The van der Waals surface area contributed by atoms with Crippen molar-refractivity contribution < 1.29 is 5.11 Å². The minimum absolute atomic E-state index is 0.0868. The Morgan fingerprint density at radius 1 is 1.50 bits per heavy atom. The maximum Gasteiger partial charge on any atom is 0.0436 e. The third-order valence-corrected chi connectivity index (χ3v) is 2.20. The Kier molecular flexibility index (Phi) is 3.91. The van der Waals surface area contributed by atoms with E-state index in [1.54, 1.807) is 0 Å². The minimum atomic E-state index is 0.0868. The fraction of sp³-hybridized carbons (Fsp3) is 1.00. The lowest BCUT2D eigenvalue weighted by molar-refractivity contribution is 0.181. The van der Waals surface area contributed by atoms with Gasteiger partial charge in [0, 0.05) is 12.6 Å². The SMILES string of the molecule is CC[C@H](N)C(C)(C)CCO. The van der Waals surface area contributed by atoms with Gasteiger partial charge in [0.15, 0.2) is 0 Å². The van der Waals surface area contributed by atoms with Gasteiger partial charge in [-0.1, -0.05) is 20.8 Å². The smallest absolute Gasteiger partial charge is 0.0436 e. The summed E-state index contributed by atoms with van der Waals surface area (Å²) < 4.78 is 0. The van der Waals surface area contributed by atoms with Crippen molar-refractivity contribution in [2.24, 2.45) is 11.1 Å². The van der Waals surface area contributed by atoms with E-state index in [1.807, 2.05) is 0 Å². The first-order chi connectivity index (χ1) is 4.54. The van der Waals surface area contributed by atoms with Crippen LogP contribution in [0.2, 0.25) is 0 Å². The van der Waals surface area contributed by atoms with E-state index in [0.717, 1.165) is 12.8 Å². The van der Waals surface area contributed by atoms with Crippen molar-refractivity contribution in [2.75, 3.05) is 6.61 Å². The van der Waals surface area contributed by atoms with Crippen LogP contribution in [0.5, 0.6) is 0 Å². The van der Waals surface area contributed by atoms with Crippen LogP contribution in [-0.2, 0) is 0 Å². The number of rotatable bonds is 4. The van der Waals surface area contributed by atoms with Crippen LogP contribution in [0.1, 0.15) is 33.6 Å². The molecule has 0 spiro atoms. The average Bonchev–Trinajstić information content (AvgIpc) is 1.86. The maximum atomic E-state index is 8.69. The number of hydrogen-bond acceptors (Lipinski definition) is 2. The second-order valence-electron chi connectivity index (χ2n) is 3.48. The molecule has 0 aliphatic heterocycles. The molecule has 2 heteroatoms. The van der Waals surface area contributed by atoms with Crippen molar-refractivity contribution in [1.29, 1.82) is 0 Å². The van der Waals surface area contributed by atoms with Crippen molar-refractivity contribution in [2.45, 2.75) is 39.7 Å². The highest BCUT2D eigenvalue weighted by Crippen LogP contribution is 2.24. The highest BCUT2D eigenvalue weighted by Gasteiger charge is 2.23. The van der Waals surface area contributed by atoms with E-state index >= 15 is 0 Å². The van der Waals surface area contributed by atoms with Gasteiger partial charge in [-0.2, -0.15) is 0 Å². The molecular weight excluding hydrogens is 126 g/mol. The van der Waals surface area contributed by atoms with Crippen molar-refractivity contribution in [3.8, 4) is 0 Å². The number of aliphatic hydroxyl groups excluding tert-OH is 1. The summed E-state index contributed by atoms with van der Waals surface area (Å²) in [5.41, 5.74) is 5.91. The van der Waals surface area contributed by atoms with Gasteiger partial charge >= 0.3 is 0 Å². The zero-order chi connectivity index (χ0) is 8.20. The fourth-order valence-electron chi connectivity index (χ4n) is 1.03. The van der Waals surface area contributed by atoms with Crippen LogP contribution in [0.3, 0.4) is 0 Å². The first-order valence-electron chi connectivity index (χ1n) is 3.91. The third-order valence-electron chi connectivity index (χ3n) is 2.20. The molecule has 1 atom stereocenters. The third kappa shape index (κ3) is 2.67. The van der Waals surface area contributed by atoms with Gasteiger partial charge in [0.25, 0.3) is 0 Å². The molecule has 0 heterocycles. The van der Waals surface area contributed by atoms with Crippen molar-refractivity contribution >= 4 is 0 Å². The standard InChI is InChI=1S/C8H19NO/c1-4-7(9)8(2,3)5-6-10/h7,10H,4-6,9H2,1-3H3/t7-/m0/s1. The van der Waals surface area contributed by atoms with Gasteiger partial charge in [0.05, 0.1) is 0 Å². The van der Waals surface area contributed by atoms with E-state index in [2.05, 4.69) is 20.8 Å². The molecule has 0 radical (unpaired) electrons. The lowest BCUT2D eigenvalue weighted by atomic mass is 9.81. The summed E-state index contributed by atoms with van der Waals surface area (Å²) in [6.07, 6.45) is 1.77. The van der Waals surface area contributed by atoms with Gasteiger partial charge in [-0.15, -0.1) is 0 Å². The molecule has 0 saturated carbocycles. The zero-order valence-corrected chi connectivity index (χ0v) is 7.22.